The van der Waals surface area contributed by atoms with E-state index in [1.54, 1.807) is 6.20 Å². The van der Waals surface area contributed by atoms with Crippen molar-refractivity contribution in [2.45, 2.75) is 56.3 Å². The number of carboxylic acids is 1. The van der Waals surface area contributed by atoms with E-state index in [4.69, 9.17) is 22.9 Å². The number of benzene rings is 1. The van der Waals surface area contributed by atoms with Crippen LogP contribution in [0.5, 0.6) is 0 Å². The molecule has 0 spiro atoms. The average Bonchev–Trinajstić information content (AvgIpc) is 3.63. The van der Waals surface area contributed by atoms with E-state index in [1.807, 2.05) is 24.3 Å². The summed E-state index contributed by atoms with van der Waals surface area (Å²) < 4.78 is 0. The van der Waals surface area contributed by atoms with Gasteiger partial charge < -0.3 is 54.0 Å². The van der Waals surface area contributed by atoms with Gasteiger partial charge in [-0.05, 0) is 24.5 Å². The molecule has 0 saturated heterocycles. The van der Waals surface area contributed by atoms with Crippen LogP contribution >= 0.6 is 0 Å². The molecule has 0 aliphatic heterocycles. The van der Waals surface area contributed by atoms with Crippen LogP contribution in [0.25, 0.3) is 10.9 Å². The van der Waals surface area contributed by atoms with Crippen molar-refractivity contribution in [3.63, 3.8) is 0 Å². The van der Waals surface area contributed by atoms with Crippen molar-refractivity contribution in [1.29, 1.82) is 0 Å². The molecule has 4 unspecified atom stereocenters. The number of nitrogens with zero attached hydrogens (tertiary/aromatic N) is 2. The highest BCUT2D eigenvalue weighted by Crippen LogP contribution is 2.19. The Kier molecular flexibility index (Phi) is 11.8. The highest BCUT2D eigenvalue weighted by Gasteiger charge is 2.31. The number of rotatable bonds is 17. The predicted octanol–water partition coefficient (Wildman–Crippen LogP) is -2.53. The molecule has 17 nitrogen and oxygen atoms in total. The van der Waals surface area contributed by atoms with Gasteiger partial charge in [0, 0.05) is 48.4 Å². The summed E-state index contributed by atoms with van der Waals surface area (Å²) in [5.74, 6) is -4.59. The number of carboxylic acid groups (broad SMARTS) is 1. The summed E-state index contributed by atoms with van der Waals surface area (Å²) in [5.41, 5.74) is 23.6. The predicted molar refractivity (Wildman–Crippen MR) is 159 cm³/mol. The SMILES string of the molecule is NC(=O)CC(N)C(=O)NC(CCCN=C(N)N)C(=O)NC(Cc1c[nH]c2ccccc12)C(=O)NC(Cc1cnc[nH]1)C(=O)O. The number of H-pyrrole nitrogens is 2. The summed E-state index contributed by atoms with van der Waals surface area (Å²) in [6.45, 7) is 0.141. The molecule has 0 aliphatic rings. The molecular formula is C27H37N11O6. The van der Waals surface area contributed by atoms with Gasteiger partial charge >= 0.3 is 5.97 Å². The van der Waals surface area contributed by atoms with Gasteiger partial charge in [0.15, 0.2) is 5.96 Å². The van der Waals surface area contributed by atoms with E-state index in [1.165, 1.54) is 12.5 Å². The Hall–Kier alpha value is -5.45. The van der Waals surface area contributed by atoms with E-state index in [2.05, 4.69) is 35.9 Å². The minimum Gasteiger partial charge on any atom is -0.480 e. The molecule has 0 fully saturated rings. The molecule has 236 valence electrons. The van der Waals surface area contributed by atoms with E-state index in [-0.39, 0.29) is 38.2 Å². The number of hydrogen-bond acceptors (Lipinski definition) is 8. The van der Waals surface area contributed by atoms with Gasteiger partial charge in [0.1, 0.15) is 18.1 Å². The fourth-order valence-electron chi connectivity index (χ4n) is 4.45. The zero-order valence-corrected chi connectivity index (χ0v) is 23.8. The lowest BCUT2D eigenvalue weighted by molar-refractivity contribution is -0.142. The van der Waals surface area contributed by atoms with Gasteiger partial charge in [0.05, 0.1) is 18.8 Å². The zero-order valence-electron chi connectivity index (χ0n) is 23.8. The third-order valence-electron chi connectivity index (χ3n) is 6.66. The monoisotopic (exact) mass is 611 g/mol. The van der Waals surface area contributed by atoms with Crippen molar-refractivity contribution in [1.82, 2.24) is 30.9 Å². The minimum atomic E-state index is -1.34. The molecule has 14 N–H and O–H groups in total. The number of aromatic amines is 2. The quantitative estimate of drug-likeness (QED) is 0.0433. The number of aliphatic carboxylic acids is 1. The second-order valence-corrected chi connectivity index (χ2v) is 10.1. The van der Waals surface area contributed by atoms with Gasteiger partial charge in [-0.1, -0.05) is 18.2 Å². The van der Waals surface area contributed by atoms with Crippen LogP contribution < -0.4 is 38.9 Å². The molecule has 0 radical (unpaired) electrons. The lowest BCUT2D eigenvalue weighted by Crippen LogP contribution is -2.58. The number of nitrogens with two attached hydrogens (primary N) is 4. The summed E-state index contributed by atoms with van der Waals surface area (Å²) >= 11 is 0. The van der Waals surface area contributed by atoms with Crippen LogP contribution in [-0.2, 0) is 36.8 Å². The first-order valence-corrected chi connectivity index (χ1v) is 13.7. The maximum Gasteiger partial charge on any atom is 0.326 e. The molecule has 0 saturated carbocycles. The number of aliphatic imine (C=N–C) groups is 1. The van der Waals surface area contributed by atoms with Crippen molar-refractivity contribution >= 4 is 46.5 Å². The molecule has 4 amide bonds. The molecule has 17 heteroatoms. The number of nitrogens with one attached hydrogen (secondary N) is 5. The largest absolute Gasteiger partial charge is 0.480 e. The van der Waals surface area contributed by atoms with Crippen molar-refractivity contribution < 1.29 is 29.1 Å². The lowest BCUT2D eigenvalue weighted by atomic mass is 10.0. The Bertz CT molecular complexity index is 1480. The summed E-state index contributed by atoms with van der Waals surface area (Å²) in [5, 5.41) is 18.2. The van der Waals surface area contributed by atoms with Crippen molar-refractivity contribution in [3.05, 3.63) is 54.2 Å². The van der Waals surface area contributed by atoms with Gasteiger partial charge in [-0.15, -0.1) is 0 Å². The number of amides is 4. The number of para-hydroxylation sites is 1. The summed E-state index contributed by atoms with van der Waals surface area (Å²) in [7, 11) is 0. The van der Waals surface area contributed by atoms with E-state index in [0.29, 0.717) is 11.3 Å². The average molecular weight is 612 g/mol. The fraction of sp³-hybridized carbons (Fsp3) is 0.370. The molecule has 44 heavy (non-hydrogen) atoms. The molecule has 2 aromatic heterocycles. The number of fused-ring (bicyclic) bond motifs is 1. The van der Waals surface area contributed by atoms with Crippen LogP contribution in [0.15, 0.2) is 48.0 Å². The van der Waals surface area contributed by atoms with Crippen molar-refractivity contribution in [2.24, 2.45) is 27.9 Å². The normalized spacial score (nSPS) is 13.7. The van der Waals surface area contributed by atoms with Gasteiger partial charge in [0.2, 0.25) is 23.6 Å². The molecule has 1 aromatic carbocycles. The van der Waals surface area contributed by atoms with Crippen LogP contribution in [0.1, 0.15) is 30.5 Å². The first-order valence-electron chi connectivity index (χ1n) is 13.7. The highest BCUT2D eigenvalue weighted by atomic mass is 16.4. The number of guanidine groups is 1. The number of carbonyl (C=O) groups excluding carboxylic acids is 4. The molecule has 3 rings (SSSR count). The molecular weight excluding hydrogens is 574 g/mol. The van der Waals surface area contributed by atoms with Crippen LogP contribution in [0, 0.1) is 0 Å². The standard InChI is InChI=1S/C27H37N11O6/c28-17(10-22(29)39)23(40)36-19(6-3-7-33-27(30)31)24(41)37-20(8-14-11-34-18-5-2-1-4-16(14)18)25(42)38-21(26(43)44)9-15-12-32-13-35-15/h1-2,4-5,11-13,17,19-21,34H,3,6-10,28H2,(H2,29,39)(H,32,35)(H,36,40)(H,37,41)(H,38,42)(H,43,44)(H4,30,31,33). The topological polar surface area (TPSA) is 303 Å². The van der Waals surface area contributed by atoms with Gasteiger partial charge in [0.25, 0.3) is 0 Å². The third kappa shape index (κ3) is 9.83. The summed E-state index contributed by atoms with van der Waals surface area (Å²) in [6.07, 6.45) is 4.24. The Morgan fingerprint density at radius 2 is 1.59 bits per heavy atom. The number of aromatic nitrogens is 3. The molecule has 4 atom stereocenters. The molecule has 0 aliphatic carbocycles. The Balaban J connectivity index is 1.86. The maximum absolute atomic E-state index is 13.6. The smallest absolute Gasteiger partial charge is 0.326 e. The zero-order chi connectivity index (χ0) is 32.2. The molecule has 3 aromatic rings. The number of imidazole rings is 1. The first-order chi connectivity index (χ1) is 20.9. The van der Waals surface area contributed by atoms with Gasteiger partial charge in [-0.25, -0.2) is 9.78 Å². The van der Waals surface area contributed by atoms with Crippen LogP contribution in [0.4, 0.5) is 0 Å². The van der Waals surface area contributed by atoms with E-state index < -0.39 is 60.2 Å². The van der Waals surface area contributed by atoms with Crippen molar-refractivity contribution in [3.8, 4) is 0 Å². The fourth-order valence-corrected chi connectivity index (χ4v) is 4.45. The van der Waals surface area contributed by atoms with E-state index in [9.17, 15) is 29.1 Å². The maximum atomic E-state index is 13.6. The lowest BCUT2D eigenvalue weighted by Gasteiger charge is -2.25. The van der Waals surface area contributed by atoms with Gasteiger partial charge in [-0.2, -0.15) is 0 Å². The Morgan fingerprint density at radius 3 is 2.25 bits per heavy atom. The first kappa shape index (κ1) is 33.1. The number of carbonyl (C=O) groups is 5. The third-order valence-corrected chi connectivity index (χ3v) is 6.66. The summed E-state index contributed by atoms with van der Waals surface area (Å²) in [4.78, 5) is 76.7. The number of hydrogen-bond donors (Lipinski definition) is 10. The van der Waals surface area contributed by atoms with Crippen LogP contribution in [-0.4, -0.2) is 86.3 Å². The van der Waals surface area contributed by atoms with Gasteiger partial charge in [-0.3, -0.25) is 24.2 Å². The van der Waals surface area contributed by atoms with Crippen LogP contribution in [0.2, 0.25) is 0 Å². The second-order valence-electron chi connectivity index (χ2n) is 10.1. The molecule has 0 bridgehead atoms. The van der Waals surface area contributed by atoms with E-state index in [0.717, 1.165) is 10.9 Å². The number of primary amides is 1. The second kappa shape index (κ2) is 15.7. The van der Waals surface area contributed by atoms with Crippen molar-refractivity contribution in [2.75, 3.05) is 6.54 Å². The highest BCUT2D eigenvalue weighted by molar-refractivity contribution is 5.95. The Morgan fingerprint density at radius 1 is 0.909 bits per heavy atom. The van der Waals surface area contributed by atoms with Crippen LogP contribution in [0.3, 0.4) is 0 Å². The minimum absolute atomic E-state index is 0.0200. The molecule has 2 heterocycles. The van der Waals surface area contributed by atoms with E-state index >= 15 is 0 Å². The summed E-state index contributed by atoms with van der Waals surface area (Å²) in [6, 6.07) is 2.20. The Labute approximate surface area is 251 Å².